The highest BCUT2D eigenvalue weighted by Crippen LogP contribution is 2.44. The Kier molecular flexibility index (Phi) is 6.42. The topological polar surface area (TPSA) is 29.5 Å². The molecule has 0 saturated heterocycles. The highest BCUT2D eigenvalue weighted by molar-refractivity contribution is 7.25. The van der Waals surface area contributed by atoms with E-state index in [0.29, 0.717) is 0 Å². The van der Waals surface area contributed by atoms with Gasteiger partial charge in [-0.25, -0.2) is 0 Å². The average Bonchev–Trinajstić information content (AvgIpc) is 3.89. The summed E-state index contributed by atoms with van der Waals surface area (Å²) in [5.41, 5.74) is 11.4. The Hall–Kier alpha value is -6.62. The molecule has 0 spiro atoms. The van der Waals surface area contributed by atoms with Crippen LogP contribution < -0.4 is 4.90 Å². The lowest BCUT2D eigenvalue weighted by Crippen LogP contribution is -2.10. The van der Waals surface area contributed by atoms with Crippen molar-refractivity contribution in [3.8, 4) is 22.3 Å². The highest BCUT2D eigenvalue weighted by atomic mass is 32.1. The molecule has 0 bridgehead atoms. The highest BCUT2D eigenvalue weighted by Gasteiger charge is 2.20. The van der Waals surface area contributed by atoms with Gasteiger partial charge in [-0.2, -0.15) is 0 Å². The molecular formula is C48H29NO2S. The van der Waals surface area contributed by atoms with E-state index in [1.165, 1.54) is 31.3 Å². The van der Waals surface area contributed by atoms with Gasteiger partial charge >= 0.3 is 0 Å². The summed E-state index contributed by atoms with van der Waals surface area (Å²) in [6, 6.07) is 62.6. The van der Waals surface area contributed by atoms with Gasteiger partial charge in [-0.05, 0) is 101 Å². The van der Waals surface area contributed by atoms with Crippen LogP contribution in [0.3, 0.4) is 0 Å². The Morgan fingerprint density at radius 3 is 1.65 bits per heavy atom. The number of hydrogen-bond donors (Lipinski definition) is 0. The molecule has 0 amide bonds. The van der Waals surface area contributed by atoms with Crippen LogP contribution in [0, 0.1) is 0 Å². The minimum atomic E-state index is 0.868. The first-order valence-corrected chi connectivity index (χ1v) is 18.3. The predicted octanol–water partition coefficient (Wildman–Crippen LogP) is 14.7. The van der Waals surface area contributed by atoms with Gasteiger partial charge in [0.05, 0.1) is 11.1 Å². The number of benzene rings is 8. The summed E-state index contributed by atoms with van der Waals surface area (Å²) in [5.74, 6) is 0. The van der Waals surface area contributed by atoms with Gasteiger partial charge < -0.3 is 13.7 Å². The Bertz CT molecular complexity index is 3130. The number of thiophene rings is 1. The van der Waals surface area contributed by atoms with Gasteiger partial charge in [-0.3, -0.25) is 0 Å². The van der Waals surface area contributed by atoms with E-state index in [1.54, 1.807) is 0 Å². The molecule has 4 heteroatoms. The third kappa shape index (κ3) is 4.58. The van der Waals surface area contributed by atoms with Crippen LogP contribution in [0.1, 0.15) is 0 Å². The van der Waals surface area contributed by atoms with Crippen LogP contribution >= 0.6 is 11.3 Å². The monoisotopic (exact) mass is 683 g/mol. The smallest absolute Gasteiger partial charge is 0.137 e. The molecule has 0 N–H and O–H groups in total. The lowest BCUT2D eigenvalue weighted by molar-refractivity contribution is 0.668. The van der Waals surface area contributed by atoms with Crippen molar-refractivity contribution >= 4 is 92.4 Å². The summed E-state index contributed by atoms with van der Waals surface area (Å²) in [4.78, 5) is 2.34. The maximum absolute atomic E-state index is 6.35. The molecule has 3 nitrogen and oxygen atoms in total. The van der Waals surface area contributed by atoms with Crippen LogP contribution in [0.5, 0.6) is 0 Å². The molecule has 8 aromatic carbocycles. The van der Waals surface area contributed by atoms with Gasteiger partial charge in [-0.15, -0.1) is 11.3 Å². The van der Waals surface area contributed by atoms with E-state index in [2.05, 4.69) is 157 Å². The minimum absolute atomic E-state index is 0.868. The molecule has 244 valence electrons. The molecule has 0 unspecified atom stereocenters. The first-order valence-electron chi connectivity index (χ1n) is 17.5. The van der Waals surface area contributed by atoms with Crippen molar-refractivity contribution in [2.45, 2.75) is 0 Å². The van der Waals surface area contributed by atoms with Crippen LogP contribution in [0.2, 0.25) is 0 Å². The molecule has 52 heavy (non-hydrogen) atoms. The third-order valence-corrected chi connectivity index (χ3v) is 11.4. The molecule has 11 rings (SSSR count). The summed E-state index contributed by atoms with van der Waals surface area (Å²) in [7, 11) is 0. The zero-order valence-electron chi connectivity index (χ0n) is 27.9. The Labute approximate surface area is 303 Å². The normalized spacial score (nSPS) is 11.8. The summed E-state index contributed by atoms with van der Waals surface area (Å²) in [6.45, 7) is 0. The van der Waals surface area contributed by atoms with E-state index in [1.807, 2.05) is 35.6 Å². The van der Waals surface area contributed by atoms with Crippen molar-refractivity contribution in [1.82, 2.24) is 0 Å². The number of hydrogen-bond acceptors (Lipinski definition) is 4. The number of fused-ring (bicyclic) bond motifs is 9. The largest absolute Gasteiger partial charge is 0.456 e. The molecule has 0 aliphatic rings. The van der Waals surface area contributed by atoms with E-state index in [-0.39, 0.29) is 0 Å². The van der Waals surface area contributed by atoms with Crippen molar-refractivity contribution in [3.63, 3.8) is 0 Å². The number of rotatable bonds is 5. The van der Waals surface area contributed by atoms with Gasteiger partial charge in [0.2, 0.25) is 0 Å². The molecular weight excluding hydrogens is 655 g/mol. The van der Waals surface area contributed by atoms with Gasteiger partial charge in [0.25, 0.3) is 0 Å². The van der Waals surface area contributed by atoms with Crippen molar-refractivity contribution < 1.29 is 8.83 Å². The molecule has 0 saturated carbocycles. The standard InChI is InChI=1S/C48H29NO2S/c1-4-12-42-36(8-1)37-26-20-33(29-45(37)51-42)31-18-24-35(25-19-31)49(41-11-7-14-44-48(41)39-10-2-5-13-43(39)50-44)34-22-16-30(17-23-34)32-21-27-47-40(28-32)38-9-3-6-15-46(38)52-47/h1-29H. The Morgan fingerprint density at radius 2 is 0.885 bits per heavy atom. The lowest BCUT2D eigenvalue weighted by atomic mass is 10.0. The van der Waals surface area contributed by atoms with E-state index in [4.69, 9.17) is 8.83 Å². The lowest BCUT2D eigenvalue weighted by Gasteiger charge is -2.26. The third-order valence-electron chi connectivity index (χ3n) is 10.3. The minimum Gasteiger partial charge on any atom is -0.456 e. The van der Waals surface area contributed by atoms with Crippen molar-refractivity contribution in [2.24, 2.45) is 0 Å². The fourth-order valence-corrected chi connectivity index (χ4v) is 8.87. The van der Waals surface area contributed by atoms with E-state index < -0.39 is 0 Å². The molecule has 0 atom stereocenters. The van der Waals surface area contributed by atoms with E-state index >= 15 is 0 Å². The van der Waals surface area contributed by atoms with Crippen LogP contribution in [-0.2, 0) is 0 Å². The van der Waals surface area contributed by atoms with Crippen molar-refractivity contribution in [3.05, 3.63) is 176 Å². The molecule has 3 aromatic heterocycles. The van der Waals surface area contributed by atoms with E-state index in [9.17, 15) is 0 Å². The number of anilines is 3. The maximum Gasteiger partial charge on any atom is 0.137 e. The Morgan fingerprint density at radius 1 is 0.346 bits per heavy atom. The number of para-hydroxylation sites is 2. The molecule has 0 radical (unpaired) electrons. The maximum atomic E-state index is 6.35. The number of nitrogens with zero attached hydrogens (tertiary/aromatic N) is 1. The molecule has 0 aliphatic carbocycles. The second kappa shape index (κ2) is 11.5. The first-order chi connectivity index (χ1) is 25.7. The molecule has 11 aromatic rings. The zero-order chi connectivity index (χ0) is 34.2. The van der Waals surface area contributed by atoms with Crippen LogP contribution in [0.4, 0.5) is 17.1 Å². The van der Waals surface area contributed by atoms with Crippen molar-refractivity contribution in [1.29, 1.82) is 0 Å². The summed E-state index contributed by atoms with van der Waals surface area (Å²) in [5, 5.41) is 7.09. The first kappa shape index (κ1) is 29.1. The van der Waals surface area contributed by atoms with Crippen molar-refractivity contribution in [2.75, 3.05) is 4.90 Å². The van der Waals surface area contributed by atoms with Crippen LogP contribution in [0.25, 0.3) is 86.3 Å². The predicted molar refractivity (Wildman–Crippen MR) is 219 cm³/mol. The molecule has 0 fully saturated rings. The van der Waals surface area contributed by atoms with Gasteiger partial charge in [-0.1, -0.05) is 97.1 Å². The van der Waals surface area contributed by atoms with Crippen LogP contribution in [0.15, 0.2) is 185 Å². The second-order valence-corrected chi connectivity index (χ2v) is 14.4. The van der Waals surface area contributed by atoms with Gasteiger partial charge in [0.15, 0.2) is 0 Å². The van der Waals surface area contributed by atoms with Gasteiger partial charge in [0, 0.05) is 47.7 Å². The van der Waals surface area contributed by atoms with E-state index in [0.717, 1.165) is 72.1 Å². The zero-order valence-corrected chi connectivity index (χ0v) is 28.7. The van der Waals surface area contributed by atoms with Gasteiger partial charge in [0.1, 0.15) is 22.3 Å². The second-order valence-electron chi connectivity index (χ2n) is 13.3. The fraction of sp³-hybridized carbons (Fsp3) is 0. The number of furan rings is 2. The fourth-order valence-electron chi connectivity index (χ4n) is 7.79. The summed E-state index contributed by atoms with van der Waals surface area (Å²) >= 11 is 1.85. The quantitative estimate of drug-likeness (QED) is 0.181. The van der Waals surface area contributed by atoms with Crippen LogP contribution in [-0.4, -0.2) is 0 Å². The summed E-state index contributed by atoms with van der Waals surface area (Å²) < 4.78 is 15.2. The molecule has 0 aliphatic heterocycles. The summed E-state index contributed by atoms with van der Waals surface area (Å²) in [6.07, 6.45) is 0. The molecule has 3 heterocycles. The Balaban J connectivity index is 1.03. The SMILES string of the molecule is c1ccc2c(c1)oc1cc(-c3ccc(N(c4ccc(-c5ccc6sc7ccccc7c6c5)cc4)c4cccc5oc6ccccc6c45)cc3)ccc12. The average molecular weight is 684 g/mol.